The molecule has 1 saturated heterocycles. The highest BCUT2D eigenvalue weighted by Crippen LogP contribution is 2.37. The molecule has 2 fully saturated rings. The highest BCUT2D eigenvalue weighted by molar-refractivity contribution is 6.00. The van der Waals surface area contributed by atoms with Crippen molar-refractivity contribution in [2.75, 3.05) is 37.4 Å². The van der Waals surface area contributed by atoms with Crippen LogP contribution >= 0.6 is 0 Å². The second-order valence-corrected chi connectivity index (χ2v) is 13.3. The molecule has 3 amide bonds. The summed E-state index contributed by atoms with van der Waals surface area (Å²) in [6, 6.07) is 9.47. The summed E-state index contributed by atoms with van der Waals surface area (Å²) < 4.78 is 25.9. The molecule has 2 aromatic carbocycles. The number of methoxy groups -OCH3 is 1. The van der Waals surface area contributed by atoms with E-state index in [0.717, 1.165) is 41.0 Å². The number of fused-ring (bicyclic) bond motifs is 1. The third-order valence-electron chi connectivity index (χ3n) is 8.69. The van der Waals surface area contributed by atoms with Crippen LogP contribution in [0.1, 0.15) is 73.5 Å². The fourth-order valence-electron chi connectivity index (χ4n) is 6.27. The number of nitrogens with one attached hydrogen (secondary N) is 2. The average Bonchev–Trinajstić information content (AvgIpc) is 3.27. The largest absolute Gasteiger partial charge is 0.496 e. The highest BCUT2D eigenvalue weighted by Gasteiger charge is 2.47. The van der Waals surface area contributed by atoms with Gasteiger partial charge in [-0.3, -0.25) is 9.59 Å². The molecule has 0 radical (unpaired) electrons. The van der Waals surface area contributed by atoms with Gasteiger partial charge in [0.1, 0.15) is 11.4 Å². The van der Waals surface area contributed by atoms with E-state index >= 15 is 4.39 Å². The van der Waals surface area contributed by atoms with Crippen LogP contribution in [-0.4, -0.2) is 71.8 Å². The van der Waals surface area contributed by atoms with Gasteiger partial charge in [-0.25, -0.2) is 9.18 Å². The number of likely N-dealkylation sites (tertiary alicyclic amines) is 1. The van der Waals surface area contributed by atoms with Gasteiger partial charge in [0.25, 0.3) is 5.91 Å². The number of hydrogen-bond donors (Lipinski definition) is 2. The Kier molecular flexibility index (Phi) is 8.33. The normalized spacial score (nSPS) is 21.1. The van der Waals surface area contributed by atoms with Crippen molar-refractivity contribution < 1.29 is 28.2 Å². The van der Waals surface area contributed by atoms with Gasteiger partial charge in [-0.2, -0.15) is 0 Å². The smallest absolute Gasteiger partial charge is 0.410 e. The molecule has 232 valence electrons. The minimum Gasteiger partial charge on any atom is -0.496 e. The second-order valence-electron chi connectivity index (χ2n) is 13.3. The molecule has 0 unspecified atom stereocenters. The highest BCUT2D eigenvalue weighted by atomic mass is 19.1. The monoisotopic (exact) mass is 594 g/mol. The minimum atomic E-state index is -1.56. The number of aryl methyl sites for hydroxylation is 2. The molecule has 1 saturated carbocycles. The Morgan fingerprint density at radius 2 is 1.72 bits per heavy atom. The van der Waals surface area contributed by atoms with Gasteiger partial charge >= 0.3 is 6.09 Å². The number of carbonyl (C=O) groups excluding carboxylic acids is 3. The number of carbonyl (C=O) groups is 3. The molecular weight excluding hydrogens is 551 g/mol. The lowest BCUT2D eigenvalue weighted by Gasteiger charge is -2.44. The number of halogens is 1. The van der Waals surface area contributed by atoms with Crippen LogP contribution in [0.2, 0.25) is 0 Å². The summed E-state index contributed by atoms with van der Waals surface area (Å²) in [4.78, 5) is 42.0. The molecule has 2 heterocycles. The van der Waals surface area contributed by atoms with Crippen LogP contribution < -0.4 is 15.4 Å². The van der Waals surface area contributed by atoms with Gasteiger partial charge in [0.05, 0.1) is 26.7 Å². The molecule has 1 aliphatic carbocycles. The zero-order chi connectivity index (χ0) is 31.1. The van der Waals surface area contributed by atoms with Gasteiger partial charge in [-0.05, 0) is 95.2 Å². The predicted molar refractivity (Wildman–Crippen MR) is 163 cm³/mol. The van der Waals surface area contributed by atoms with Crippen molar-refractivity contribution >= 4 is 29.3 Å². The maximum atomic E-state index is 15.2. The van der Waals surface area contributed by atoms with E-state index in [4.69, 9.17) is 9.47 Å². The van der Waals surface area contributed by atoms with Crippen molar-refractivity contribution in [1.29, 1.82) is 0 Å². The third-order valence-corrected chi connectivity index (χ3v) is 8.69. The van der Waals surface area contributed by atoms with Crippen molar-refractivity contribution in [3.63, 3.8) is 0 Å². The maximum absolute atomic E-state index is 15.2. The van der Waals surface area contributed by atoms with E-state index in [1.54, 1.807) is 27.9 Å². The predicted octanol–water partition coefficient (Wildman–Crippen LogP) is 5.84. The number of nitrogens with zero attached hydrogens (tertiary/aromatic N) is 2. The van der Waals surface area contributed by atoms with Crippen molar-refractivity contribution in [2.24, 2.45) is 5.92 Å². The first kappa shape index (κ1) is 30.6. The van der Waals surface area contributed by atoms with Crippen molar-refractivity contribution in [1.82, 2.24) is 9.80 Å². The Balaban J connectivity index is 1.13. The van der Waals surface area contributed by atoms with E-state index in [2.05, 4.69) is 10.6 Å². The summed E-state index contributed by atoms with van der Waals surface area (Å²) in [5.41, 5.74) is 2.85. The van der Waals surface area contributed by atoms with E-state index in [1.807, 2.05) is 49.1 Å². The Morgan fingerprint density at radius 3 is 2.37 bits per heavy atom. The zero-order valence-corrected chi connectivity index (χ0v) is 26.0. The fourth-order valence-corrected chi connectivity index (χ4v) is 6.27. The third kappa shape index (κ3) is 6.73. The number of rotatable bonds is 7. The molecule has 0 atom stereocenters. The molecule has 9 nitrogen and oxygen atoms in total. The van der Waals surface area contributed by atoms with Crippen molar-refractivity contribution in [3.05, 3.63) is 52.6 Å². The molecule has 3 aliphatic rings. The Labute approximate surface area is 253 Å². The maximum Gasteiger partial charge on any atom is 0.410 e. The molecule has 5 rings (SSSR count). The summed E-state index contributed by atoms with van der Waals surface area (Å²) in [6.45, 7) is 9.78. The molecule has 2 aromatic rings. The summed E-state index contributed by atoms with van der Waals surface area (Å²) in [6.07, 6.45) is 2.44. The number of alkyl halides is 1. The van der Waals surface area contributed by atoms with Crippen LogP contribution in [0.5, 0.6) is 5.75 Å². The molecule has 2 aliphatic heterocycles. The molecule has 10 heteroatoms. The summed E-state index contributed by atoms with van der Waals surface area (Å²) >= 11 is 0. The summed E-state index contributed by atoms with van der Waals surface area (Å²) in [5, 5.41) is 6.18. The first-order chi connectivity index (χ1) is 20.2. The molecule has 0 spiro atoms. The van der Waals surface area contributed by atoms with Gasteiger partial charge in [-0.15, -0.1) is 0 Å². The average molecular weight is 595 g/mol. The van der Waals surface area contributed by atoms with Gasteiger partial charge in [0, 0.05) is 41.5 Å². The van der Waals surface area contributed by atoms with Crippen molar-refractivity contribution in [2.45, 2.75) is 84.2 Å². The number of ether oxygens (including phenoxy) is 2. The van der Waals surface area contributed by atoms with E-state index in [0.29, 0.717) is 30.6 Å². The van der Waals surface area contributed by atoms with Crippen LogP contribution in [0, 0.1) is 19.8 Å². The summed E-state index contributed by atoms with van der Waals surface area (Å²) in [5.74, 6) is 0.612. The van der Waals surface area contributed by atoms with Gasteiger partial charge in [0.2, 0.25) is 5.91 Å². The van der Waals surface area contributed by atoms with Crippen LogP contribution in [0.3, 0.4) is 0 Å². The standard InChI is InChI=1S/C33H43FN4O5/c1-20-7-10-23(15-28(20)42-6)36-29(39)22-8-11-25(12-9-22)38-16-27-21(2)13-24(14-26(27)30(38)40)35-17-33(34)18-37(19-33)31(41)43-32(3,4)5/h7,10,13-15,22,25,35H,8-9,11-12,16-19H2,1-6H3,(H,36,39). The topological polar surface area (TPSA) is 100 Å². The van der Waals surface area contributed by atoms with Crippen LogP contribution in [0.25, 0.3) is 0 Å². The summed E-state index contributed by atoms with van der Waals surface area (Å²) in [7, 11) is 1.61. The molecule has 2 N–H and O–H groups in total. The zero-order valence-electron chi connectivity index (χ0n) is 26.0. The van der Waals surface area contributed by atoms with Crippen molar-refractivity contribution in [3.8, 4) is 5.75 Å². The van der Waals surface area contributed by atoms with Crippen LogP contribution in [0.4, 0.5) is 20.6 Å². The van der Waals surface area contributed by atoms with Gasteiger partial charge in [-0.1, -0.05) is 6.07 Å². The van der Waals surface area contributed by atoms with E-state index in [9.17, 15) is 14.4 Å². The number of amides is 3. The SMILES string of the molecule is COc1cc(NC(=O)C2CCC(N3Cc4c(C)cc(NCC5(F)CN(C(=O)OC(C)(C)C)C5)cc4C3=O)CC2)ccc1C. The van der Waals surface area contributed by atoms with E-state index in [-0.39, 0.29) is 43.4 Å². The molecule has 0 bridgehead atoms. The lowest BCUT2D eigenvalue weighted by molar-refractivity contribution is -0.121. The van der Waals surface area contributed by atoms with Gasteiger partial charge < -0.3 is 29.9 Å². The lowest BCUT2D eigenvalue weighted by atomic mass is 9.84. The second kappa shape index (κ2) is 11.7. The molecule has 43 heavy (non-hydrogen) atoms. The number of benzene rings is 2. The Hall–Kier alpha value is -3.82. The van der Waals surface area contributed by atoms with Crippen LogP contribution in [0.15, 0.2) is 30.3 Å². The molecule has 0 aromatic heterocycles. The first-order valence-corrected chi connectivity index (χ1v) is 15.1. The Morgan fingerprint density at radius 1 is 1.02 bits per heavy atom. The Bertz CT molecular complexity index is 1410. The number of hydrogen-bond acceptors (Lipinski definition) is 6. The first-order valence-electron chi connectivity index (χ1n) is 15.1. The van der Waals surface area contributed by atoms with E-state index in [1.165, 1.54) is 4.90 Å². The lowest BCUT2D eigenvalue weighted by Crippen LogP contribution is -2.64. The van der Waals surface area contributed by atoms with Crippen LogP contribution in [-0.2, 0) is 16.1 Å². The fraction of sp³-hybridized carbons (Fsp3) is 0.545. The number of anilines is 2. The van der Waals surface area contributed by atoms with Gasteiger partial charge in [0.15, 0.2) is 5.67 Å². The molecular formula is C33H43FN4O5. The quantitative estimate of drug-likeness (QED) is 0.418. The minimum absolute atomic E-state index is 0.00161. The van der Waals surface area contributed by atoms with E-state index < -0.39 is 17.4 Å².